The largest absolute Gasteiger partial charge is 0.341 e. The minimum absolute atomic E-state index is 0.0957. The zero-order chi connectivity index (χ0) is 22.1. The van der Waals surface area contributed by atoms with E-state index in [0.717, 1.165) is 11.1 Å². The molecule has 2 aromatic carbocycles. The molecule has 3 amide bonds. The number of aromatic nitrogens is 3. The standard InChI is InChI=1S/C24H22N6O2/c1-25-24(32)27-21-13-20(28-30-10-9-26-23(21)30)17-8-4-5-16(11-17)12-22(31)29-14-18-6-2-3-7-19(18)15-29/h2-11,13H,12,14-15H2,1H3,(H2,25,27,32). The van der Waals surface area contributed by atoms with Crippen molar-refractivity contribution in [2.45, 2.75) is 19.5 Å². The summed E-state index contributed by atoms with van der Waals surface area (Å²) in [7, 11) is 1.56. The fourth-order valence-corrected chi connectivity index (χ4v) is 3.97. The first-order chi connectivity index (χ1) is 15.6. The van der Waals surface area contributed by atoms with Crippen molar-refractivity contribution in [2.24, 2.45) is 0 Å². The van der Waals surface area contributed by atoms with Crippen molar-refractivity contribution < 1.29 is 9.59 Å². The van der Waals surface area contributed by atoms with Crippen LogP contribution in [0.4, 0.5) is 10.5 Å². The van der Waals surface area contributed by atoms with Crippen molar-refractivity contribution in [1.29, 1.82) is 0 Å². The number of carbonyl (C=O) groups excluding carboxylic acids is 2. The van der Waals surface area contributed by atoms with Crippen LogP contribution >= 0.6 is 0 Å². The molecule has 0 spiro atoms. The molecule has 1 aliphatic rings. The second-order valence-corrected chi connectivity index (χ2v) is 7.74. The van der Waals surface area contributed by atoms with Crippen LogP contribution in [0.1, 0.15) is 16.7 Å². The quantitative estimate of drug-likeness (QED) is 0.524. The molecule has 0 saturated carbocycles. The Hall–Kier alpha value is -4.20. The van der Waals surface area contributed by atoms with Crippen molar-refractivity contribution in [3.05, 3.63) is 83.7 Å². The number of hydrogen-bond acceptors (Lipinski definition) is 4. The van der Waals surface area contributed by atoms with Gasteiger partial charge in [-0.3, -0.25) is 4.79 Å². The van der Waals surface area contributed by atoms with Gasteiger partial charge in [-0.1, -0.05) is 42.5 Å². The third-order valence-electron chi connectivity index (χ3n) is 5.61. The van der Waals surface area contributed by atoms with Crippen LogP contribution in [-0.2, 0) is 24.3 Å². The van der Waals surface area contributed by atoms with Gasteiger partial charge in [0.25, 0.3) is 0 Å². The molecule has 0 atom stereocenters. The Bertz CT molecular complexity index is 1300. The van der Waals surface area contributed by atoms with Crippen molar-refractivity contribution in [3.8, 4) is 11.3 Å². The second kappa shape index (κ2) is 8.14. The van der Waals surface area contributed by atoms with Crippen molar-refractivity contribution in [1.82, 2.24) is 24.8 Å². The van der Waals surface area contributed by atoms with E-state index >= 15 is 0 Å². The topological polar surface area (TPSA) is 91.6 Å². The first-order valence-corrected chi connectivity index (χ1v) is 10.4. The summed E-state index contributed by atoms with van der Waals surface area (Å²) in [4.78, 5) is 30.9. The minimum atomic E-state index is -0.335. The Labute approximate surface area is 184 Å². The number of nitrogens with zero attached hydrogens (tertiary/aromatic N) is 4. The van der Waals surface area contributed by atoms with Crippen LogP contribution in [0.3, 0.4) is 0 Å². The number of nitrogens with one attached hydrogen (secondary N) is 2. The lowest BCUT2D eigenvalue weighted by atomic mass is 10.0. The highest BCUT2D eigenvalue weighted by molar-refractivity contribution is 5.93. The number of fused-ring (bicyclic) bond motifs is 2. The van der Waals surface area contributed by atoms with Gasteiger partial charge in [-0.2, -0.15) is 5.10 Å². The normalized spacial score (nSPS) is 12.6. The van der Waals surface area contributed by atoms with Crippen LogP contribution in [0, 0.1) is 0 Å². The second-order valence-electron chi connectivity index (χ2n) is 7.74. The smallest absolute Gasteiger partial charge is 0.319 e. The lowest BCUT2D eigenvalue weighted by Crippen LogP contribution is -2.26. The highest BCUT2D eigenvalue weighted by atomic mass is 16.2. The summed E-state index contributed by atoms with van der Waals surface area (Å²) in [5.74, 6) is 0.0957. The van der Waals surface area contributed by atoms with Gasteiger partial charge in [0.1, 0.15) is 0 Å². The van der Waals surface area contributed by atoms with Crippen LogP contribution in [0.2, 0.25) is 0 Å². The van der Waals surface area contributed by atoms with E-state index in [1.165, 1.54) is 11.1 Å². The van der Waals surface area contributed by atoms with Gasteiger partial charge in [0, 0.05) is 38.1 Å². The molecule has 0 unspecified atom stereocenters. The number of urea groups is 1. The first-order valence-electron chi connectivity index (χ1n) is 10.4. The van der Waals surface area contributed by atoms with E-state index in [2.05, 4.69) is 32.8 Å². The average molecular weight is 426 g/mol. The van der Waals surface area contributed by atoms with E-state index < -0.39 is 0 Å². The fourth-order valence-electron chi connectivity index (χ4n) is 3.97. The molecule has 3 heterocycles. The molecule has 0 saturated heterocycles. The molecule has 160 valence electrons. The fraction of sp³-hybridized carbons (Fsp3) is 0.167. The molecule has 4 aromatic rings. The van der Waals surface area contributed by atoms with Crippen molar-refractivity contribution in [3.63, 3.8) is 0 Å². The zero-order valence-corrected chi connectivity index (χ0v) is 17.6. The zero-order valence-electron chi connectivity index (χ0n) is 17.6. The number of carbonyl (C=O) groups is 2. The Morgan fingerprint density at radius 3 is 2.56 bits per heavy atom. The van der Waals surface area contributed by atoms with Crippen LogP contribution < -0.4 is 10.6 Å². The average Bonchev–Trinajstić information content (AvgIpc) is 3.46. The summed E-state index contributed by atoms with van der Waals surface area (Å²) in [5.41, 5.74) is 5.97. The predicted octanol–water partition coefficient (Wildman–Crippen LogP) is 3.23. The summed E-state index contributed by atoms with van der Waals surface area (Å²) < 4.78 is 1.62. The molecule has 2 N–H and O–H groups in total. The maximum absolute atomic E-state index is 12.9. The lowest BCUT2D eigenvalue weighted by molar-refractivity contribution is -0.131. The van der Waals surface area contributed by atoms with Gasteiger partial charge >= 0.3 is 6.03 Å². The number of rotatable bonds is 4. The lowest BCUT2D eigenvalue weighted by Gasteiger charge is -2.16. The van der Waals surface area contributed by atoms with Gasteiger partial charge in [-0.05, 0) is 28.8 Å². The monoisotopic (exact) mass is 426 g/mol. The number of hydrogen-bond donors (Lipinski definition) is 2. The summed E-state index contributed by atoms with van der Waals surface area (Å²) in [6.07, 6.45) is 3.68. The predicted molar refractivity (Wildman–Crippen MR) is 121 cm³/mol. The highest BCUT2D eigenvalue weighted by Gasteiger charge is 2.23. The van der Waals surface area contributed by atoms with Crippen LogP contribution in [-0.4, -0.2) is 38.5 Å². The summed E-state index contributed by atoms with van der Waals surface area (Å²) >= 11 is 0. The first kappa shape index (κ1) is 19.7. The molecule has 0 fully saturated rings. The maximum atomic E-state index is 12.9. The van der Waals surface area contributed by atoms with Crippen LogP contribution in [0.15, 0.2) is 67.0 Å². The van der Waals surface area contributed by atoms with E-state index in [9.17, 15) is 9.59 Å². The SMILES string of the molecule is CNC(=O)Nc1cc(-c2cccc(CC(=O)N3Cc4ccccc4C3)c2)nn2ccnc12. The third kappa shape index (κ3) is 3.78. The van der Waals surface area contributed by atoms with Gasteiger partial charge in [0.15, 0.2) is 5.65 Å². The van der Waals surface area contributed by atoms with Crippen LogP contribution in [0.5, 0.6) is 0 Å². The number of anilines is 1. The van der Waals surface area contributed by atoms with E-state index in [1.54, 1.807) is 30.0 Å². The summed E-state index contributed by atoms with van der Waals surface area (Å²) in [6.45, 7) is 1.31. The molecule has 5 rings (SSSR count). The summed E-state index contributed by atoms with van der Waals surface area (Å²) in [6, 6.07) is 17.4. The van der Waals surface area contributed by atoms with E-state index in [-0.39, 0.29) is 11.9 Å². The third-order valence-corrected chi connectivity index (χ3v) is 5.61. The van der Waals surface area contributed by atoms with Gasteiger partial charge in [-0.15, -0.1) is 0 Å². The van der Waals surface area contributed by atoms with Crippen molar-refractivity contribution >= 4 is 23.3 Å². The number of amides is 3. The van der Waals surface area contributed by atoms with Gasteiger partial charge < -0.3 is 15.5 Å². The maximum Gasteiger partial charge on any atom is 0.319 e. The number of imidazole rings is 1. The van der Waals surface area contributed by atoms with Gasteiger partial charge in [-0.25, -0.2) is 14.3 Å². The molecule has 32 heavy (non-hydrogen) atoms. The Kier molecular flexibility index (Phi) is 5.03. The molecule has 1 aliphatic heterocycles. The molecular weight excluding hydrogens is 404 g/mol. The van der Waals surface area contributed by atoms with Crippen LogP contribution in [0.25, 0.3) is 16.9 Å². The molecule has 8 nitrogen and oxygen atoms in total. The van der Waals surface area contributed by atoms with Gasteiger partial charge in [0.05, 0.1) is 17.8 Å². The molecule has 0 aliphatic carbocycles. The molecule has 8 heteroatoms. The minimum Gasteiger partial charge on any atom is -0.341 e. The highest BCUT2D eigenvalue weighted by Crippen LogP contribution is 2.26. The molecule has 2 aromatic heterocycles. The summed E-state index contributed by atoms with van der Waals surface area (Å²) in [5, 5.41) is 9.94. The van der Waals surface area contributed by atoms with Crippen molar-refractivity contribution in [2.75, 3.05) is 12.4 Å². The Balaban J connectivity index is 1.39. The van der Waals surface area contributed by atoms with E-state index in [4.69, 9.17) is 0 Å². The van der Waals surface area contributed by atoms with Gasteiger partial charge in [0.2, 0.25) is 5.91 Å². The molecule has 0 bridgehead atoms. The van der Waals surface area contributed by atoms with E-state index in [1.807, 2.05) is 41.3 Å². The molecular formula is C24H22N6O2. The Morgan fingerprint density at radius 2 is 1.81 bits per heavy atom. The Morgan fingerprint density at radius 1 is 1.03 bits per heavy atom. The molecule has 0 radical (unpaired) electrons. The van der Waals surface area contributed by atoms with E-state index in [0.29, 0.717) is 36.5 Å². The number of benzene rings is 2.